The van der Waals surface area contributed by atoms with Gasteiger partial charge in [-0.3, -0.25) is 9.69 Å². The molecule has 5 nitrogen and oxygen atoms in total. The van der Waals surface area contributed by atoms with Gasteiger partial charge in [0.25, 0.3) is 5.91 Å². The first-order chi connectivity index (χ1) is 14.1. The number of ether oxygens (including phenoxy) is 1. The smallest absolute Gasteiger partial charge is 0.327 e. The first kappa shape index (κ1) is 19.9. The van der Waals surface area contributed by atoms with Gasteiger partial charge < -0.3 is 9.64 Å². The maximum absolute atomic E-state index is 13.0. The van der Waals surface area contributed by atoms with Crippen molar-refractivity contribution in [3.05, 3.63) is 69.7 Å². The first-order valence-electron chi connectivity index (χ1n) is 10.1. The van der Waals surface area contributed by atoms with Crippen molar-refractivity contribution in [2.24, 2.45) is 0 Å². The summed E-state index contributed by atoms with van der Waals surface area (Å²) in [5.74, 6) is -0.275. The monoisotopic (exact) mass is 412 g/mol. The number of carbonyl (C=O) groups is 2. The van der Waals surface area contributed by atoms with Gasteiger partial charge in [0, 0.05) is 36.8 Å². The van der Waals surface area contributed by atoms with Crippen molar-refractivity contribution in [2.45, 2.75) is 25.3 Å². The Morgan fingerprint density at radius 2 is 1.72 bits per heavy atom. The van der Waals surface area contributed by atoms with E-state index in [4.69, 9.17) is 16.3 Å². The van der Waals surface area contributed by atoms with Crippen LogP contribution in [0, 0.1) is 0 Å². The number of nitrogens with zero attached hydrogens (tertiary/aromatic N) is 2. The predicted molar refractivity (Wildman–Crippen MR) is 112 cm³/mol. The summed E-state index contributed by atoms with van der Waals surface area (Å²) in [7, 11) is 1.39. The molecule has 1 heterocycles. The highest BCUT2D eigenvalue weighted by atomic mass is 35.5. The lowest BCUT2D eigenvalue weighted by Crippen LogP contribution is -2.51. The average Bonchev–Trinajstić information content (AvgIpc) is 3.23. The van der Waals surface area contributed by atoms with Gasteiger partial charge >= 0.3 is 5.97 Å². The molecule has 2 aliphatic rings. The minimum atomic E-state index is -0.564. The van der Waals surface area contributed by atoms with Crippen molar-refractivity contribution in [1.29, 1.82) is 0 Å². The minimum Gasteiger partial charge on any atom is -0.468 e. The molecule has 0 radical (unpaired) electrons. The van der Waals surface area contributed by atoms with E-state index < -0.39 is 6.04 Å². The molecule has 6 heteroatoms. The van der Waals surface area contributed by atoms with Crippen molar-refractivity contribution in [1.82, 2.24) is 9.80 Å². The van der Waals surface area contributed by atoms with Crippen LogP contribution in [0.1, 0.15) is 39.5 Å². The molecule has 0 saturated carbocycles. The Morgan fingerprint density at radius 1 is 1.00 bits per heavy atom. The summed E-state index contributed by atoms with van der Waals surface area (Å²) < 4.78 is 5.04. The lowest BCUT2D eigenvalue weighted by atomic mass is 10.0. The summed E-state index contributed by atoms with van der Waals surface area (Å²) in [6, 6.07) is 12.9. The van der Waals surface area contributed by atoms with Gasteiger partial charge in [-0.25, -0.2) is 4.79 Å². The van der Waals surface area contributed by atoms with E-state index in [2.05, 4.69) is 12.1 Å². The van der Waals surface area contributed by atoms with Crippen LogP contribution in [0.5, 0.6) is 0 Å². The maximum Gasteiger partial charge on any atom is 0.327 e. The van der Waals surface area contributed by atoms with Gasteiger partial charge in [0.2, 0.25) is 0 Å². The number of benzene rings is 2. The fourth-order valence-corrected chi connectivity index (χ4v) is 4.59. The number of aryl methyl sites for hydroxylation is 2. The van der Waals surface area contributed by atoms with Crippen LogP contribution < -0.4 is 0 Å². The summed E-state index contributed by atoms with van der Waals surface area (Å²) in [5, 5.41) is 0.541. The fourth-order valence-electron chi connectivity index (χ4n) is 4.35. The summed E-state index contributed by atoms with van der Waals surface area (Å²) in [5.41, 5.74) is 4.17. The van der Waals surface area contributed by atoms with Gasteiger partial charge in [-0.05, 0) is 54.2 Å². The molecule has 4 rings (SSSR count). The number of hydrogen-bond donors (Lipinski definition) is 0. The Kier molecular flexibility index (Phi) is 5.88. The van der Waals surface area contributed by atoms with Crippen LogP contribution in [0.4, 0.5) is 0 Å². The van der Waals surface area contributed by atoms with Crippen LogP contribution in [0.15, 0.2) is 42.5 Å². The van der Waals surface area contributed by atoms with Crippen LogP contribution in [0.2, 0.25) is 5.02 Å². The number of hydrogen-bond acceptors (Lipinski definition) is 4. The summed E-state index contributed by atoms with van der Waals surface area (Å²) in [6.07, 6.45) is 3.34. The van der Waals surface area contributed by atoms with Gasteiger partial charge in [-0.15, -0.1) is 0 Å². The van der Waals surface area contributed by atoms with Crippen LogP contribution in [0.25, 0.3) is 0 Å². The molecule has 1 saturated heterocycles. The zero-order valence-electron chi connectivity index (χ0n) is 16.6. The second-order valence-electron chi connectivity index (χ2n) is 7.61. The Morgan fingerprint density at radius 3 is 2.45 bits per heavy atom. The van der Waals surface area contributed by atoms with Crippen LogP contribution in [-0.2, 0) is 22.4 Å². The standard InChI is InChI=1S/C23H25ClN2O3/c1-29-23(28)21(19-7-2-3-8-20(19)24)25-11-13-26(14-12-25)22(27)18-10-9-16-5-4-6-17(16)15-18/h2-3,7-10,15,21H,4-6,11-14H2,1H3. The molecule has 1 atom stereocenters. The van der Waals surface area contributed by atoms with Crippen molar-refractivity contribution < 1.29 is 14.3 Å². The van der Waals surface area contributed by atoms with Gasteiger partial charge in [0.15, 0.2) is 0 Å². The fraction of sp³-hybridized carbons (Fsp3) is 0.391. The van der Waals surface area contributed by atoms with E-state index in [9.17, 15) is 9.59 Å². The molecule has 1 fully saturated rings. The van der Waals surface area contributed by atoms with Crippen molar-refractivity contribution in [3.63, 3.8) is 0 Å². The van der Waals surface area contributed by atoms with Gasteiger partial charge in [0.1, 0.15) is 6.04 Å². The Hall–Kier alpha value is -2.37. The number of esters is 1. The summed E-state index contributed by atoms with van der Waals surface area (Å²) in [4.78, 5) is 29.4. The van der Waals surface area contributed by atoms with E-state index in [0.717, 1.165) is 24.0 Å². The zero-order chi connectivity index (χ0) is 20.4. The van der Waals surface area contributed by atoms with E-state index in [1.807, 2.05) is 34.1 Å². The Bertz CT molecular complexity index is 922. The SMILES string of the molecule is COC(=O)C(c1ccccc1Cl)N1CCN(C(=O)c2ccc3c(c2)CCC3)CC1. The minimum absolute atomic E-state index is 0.0618. The third-order valence-corrected chi connectivity index (χ3v) is 6.28. The Labute approximate surface area is 176 Å². The van der Waals surface area contributed by atoms with Crippen molar-refractivity contribution >= 4 is 23.5 Å². The van der Waals surface area contributed by atoms with Crippen LogP contribution >= 0.6 is 11.6 Å². The maximum atomic E-state index is 13.0. The number of halogens is 1. The highest BCUT2D eigenvalue weighted by Crippen LogP contribution is 2.30. The van der Waals surface area contributed by atoms with Crippen LogP contribution in [-0.4, -0.2) is 55.0 Å². The highest BCUT2D eigenvalue weighted by molar-refractivity contribution is 6.31. The number of piperazine rings is 1. The molecule has 1 unspecified atom stereocenters. The molecule has 0 aromatic heterocycles. The molecule has 0 N–H and O–H groups in total. The van der Waals surface area contributed by atoms with Gasteiger partial charge in [-0.2, -0.15) is 0 Å². The predicted octanol–water partition coefficient (Wildman–Crippen LogP) is 3.50. The molecule has 1 aliphatic carbocycles. The van der Waals surface area contributed by atoms with E-state index >= 15 is 0 Å². The molecule has 0 bridgehead atoms. The van der Waals surface area contributed by atoms with E-state index in [1.165, 1.54) is 24.7 Å². The normalized spacial score (nSPS) is 17.7. The number of carbonyl (C=O) groups excluding carboxylic acids is 2. The zero-order valence-corrected chi connectivity index (χ0v) is 17.3. The van der Waals surface area contributed by atoms with E-state index in [0.29, 0.717) is 31.2 Å². The van der Waals surface area contributed by atoms with Gasteiger partial charge in [0.05, 0.1) is 7.11 Å². The third-order valence-electron chi connectivity index (χ3n) is 5.94. The van der Waals surface area contributed by atoms with Crippen LogP contribution in [0.3, 0.4) is 0 Å². The van der Waals surface area contributed by atoms with Crippen molar-refractivity contribution in [3.8, 4) is 0 Å². The first-order valence-corrected chi connectivity index (χ1v) is 10.4. The summed E-state index contributed by atoms with van der Waals surface area (Å²) >= 11 is 6.35. The topological polar surface area (TPSA) is 49.9 Å². The molecular weight excluding hydrogens is 388 g/mol. The lowest BCUT2D eigenvalue weighted by Gasteiger charge is -2.38. The summed E-state index contributed by atoms with van der Waals surface area (Å²) in [6.45, 7) is 2.30. The molecule has 0 spiro atoms. The molecule has 1 aliphatic heterocycles. The average molecular weight is 413 g/mol. The van der Waals surface area contributed by atoms with E-state index in [-0.39, 0.29) is 11.9 Å². The molecule has 29 heavy (non-hydrogen) atoms. The molecule has 2 aromatic carbocycles. The quantitative estimate of drug-likeness (QED) is 0.721. The van der Waals surface area contributed by atoms with E-state index in [1.54, 1.807) is 6.07 Å². The molecule has 1 amide bonds. The van der Waals surface area contributed by atoms with Crippen molar-refractivity contribution in [2.75, 3.05) is 33.3 Å². The highest BCUT2D eigenvalue weighted by Gasteiger charge is 2.33. The van der Waals surface area contributed by atoms with Gasteiger partial charge in [-0.1, -0.05) is 35.9 Å². The number of rotatable bonds is 4. The largest absolute Gasteiger partial charge is 0.468 e. The molecule has 2 aromatic rings. The second kappa shape index (κ2) is 8.56. The molecule has 152 valence electrons. The molecular formula is C23H25ClN2O3. The lowest BCUT2D eigenvalue weighted by molar-refractivity contribution is -0.148. The number of amides is 1. The number of methoxy groups -OCH3 is 1. The number of fused-ring (bicyclic) bond motifs is 1. The Balaban J connectivity index is 1.47. The third kappa shape index (κ3) is 4.02. The second-order valence-corrected chi connectivity index (χ2v) is 8.02.